The molecule has 0 heterocycles. The Hall–Kier alpha value is -1.48. The van der Waals surface area contributed by atoms with Gasteiger partial charge in [0.2, 0.25) is 0 Å². The molecule has 0 saturated carbocycles. The zero-order valence-corrected chi connectivity index (χ0v) is 13.7. The topological polar surface area (TPSA) is 32.3 Å². The van der Waals surface area contributed by atoms with Gasteiger partial charge in [-0.15, -0.1) is 0 Å². The molecule has 0 aliphatic carbocycles. The molecule has 2 aromatic rings. The Labute approximate surface area is 129 Å². The number of benzene rings is 2. The minimum absolute atomic E-state index is 0.240. The van der Waals surface area contributed by atoms with E-state index in [0.717, 1.165) is 27.7 Å². The average Bonchev–Trinajstić information content (AvgIpc) is 2.45. The van der Waals surface area contributed by atoms with E-state index in [0.29, 0.717) is 5.75 Å². The minimum atomic E-state index is 0.240. The van der Waals surface area contributed by atoms with Crippen LogP contribution < -0.4 is 5.32 Å². The first kappa shape index (κ1) is 14.9. The minimum Gasteiger partial charge on any atom is -0.507 e. The maximum Gasteiger partial charge on any atom is 0.123 e. The molecule has 0 fully saturated rings. The maximum atomic E-state index is 10.0. The molecule has 20 heavy (non-hydrogen) atoms. The zero-order valence-electron chi connectivity index (χ0n) is 12.1. The van der Waals surface area contributed by atoms with Gasteiger partial charge in [0, 0.05) is 15.7 Å². The van der Waals surface area contributed by atoms with Crippen molar-refractivity contribution in [2.24, 2.45) is 0 Å². The lowest BCUT2D eigenvalue weighted by molar-refractivity contribution is 0.467. The molecule has 0 radical (unpaired) electrons. The predicted molar refractivity (Wildman–Crippen MR) is 88.4 cm³/mol. The third-order valence-corrected chi connectivity index (χ3v) is 4.17. The Morgan fingerprint density at radius 1 is 1.10 bits per heavy atom. The smallest absolute Gasteiger partial charge is 0.123 e. The second-order valence-electron chi connectivity index (χ2n) is 5.06. The number of hydrogen-bond acceptors (Lipinski definition) is 2. The number of aromatic hydroxyl groups is 1. The van der Waals surface area contributed by atoms with Crippen LogP contribution in [0.3, 0.4) is 0 Å². The number of phenols is 1. The molecule has 1 unspecified atom stereocenters. The number of aryl methyl sites for hydroxylation is 1. The van der Waals surface area contributed by atoms with Crippen molar-refractivity contribution in [3.05, 3.63) is 57.6 Å². The lowest BCUT2D eigenvalue weighted by atomic mass is 10.0. The van der Waals surface area contributed by atoms with Gasteiger partial charge in [0.25, 0.3) is 0 Å². The van der Waals surface area contributed by atoms with Crippen molar-refractivity contribution in [3.63, 3.8) is 0 Å². The van der Waals surface area contributed by atoms with Gasteiger partial charge in [-0.3, -0.25) is 0 Å². The van der Waals surface area contributed by atoms with Gasteiger partial charge in [-0.25, -0.2) is 0 Å². The first-order valence-electron chi connectivity index (χ1n) is 6.84. The molecule has 0 bridgehead atoms. The Kier molecular flexibility index (Phi) is 4.71. The lowest BCUT2D eigenvalue weighted by Crippen LogP contribution is -2.10. The predicted octanol–water partition coefficient (Wildman–Crippen LogP) is 5.33. The number of rotatable bonds is 4. The Morgan fingerprint density at radius 3 is 2.35 bits per heavy atom. The van der Waals surface area contributed by atoms with Crippen LogP contribution >= 0.6 is 15.9 Å². The molecule has 0 spiro atoms. The highest BCUT2D eigenvalue weighted by Gasteiger charge is 2.12. The third-order valence-electron chi connectivity index (χ3n) is 3.64. The van der Waals surface area contributed by atoms with Crippen molar-refractivity contribution >= 4 is 21.6 Å². The summed E-state index contributed by atoms with van der Waals surface area (Å²) in [7, 11) is 0. The Morgan fingerprint density at radius 2 is 1.75 bits per heavy atom. The van der Waals surface area contributed by atoms with Gasteiger partial charge in [-0.05, 0) is 49.6 Å². The molecule has 2 aromatic carbocycles. The van der Waals surface area contributed by atoms with Crippen LogP contribution in [0.25, 0.3) is 0 Å². The van der Waals surface area contributed by atoms with E-state index in [4.69, 9.17) is 0 Å². The van der Waals surface area contributed by atoms with Crippen LogP contribution in [0.1, 0.15) is 36.1 Å². The van der Waals surface area contributed by atoms with Crippen LogP contribution in [-0.4, -0.2) is 5.11 Å². The van der Waals surface area contributed by atoms with E-state index in [9.17, 15) is 5.11 Å². The van der Waals surface area contributed by atoms with E-state index >= 15 is 0 Å². The van der Waals surface area contributed by atoms with Crippen LogP contribution in [0.2, 0.25) is 0 Å². The summed E-state index contributed by atoms with van der Waals surface area (Å²) in [6, 6.07) is 12.6. The molecule has 106 valence electrons. The van der Waals surface area contributed by atoms with Crippen LogP contribution in [-0.2, 0) is 0 Å². The van der Waals surface area contributed by atoms with Gasteiger partial charge in [0.1, 0.15) is 5.75 Å². The standard InChI is InChI=1S/C17H20BrNO/c1-4-15(13-6-8-14(18)9-7-13)19-16-10-5-11(2)17(20)12(16)3/h5-10,15,19-20H,4H2,1-3H3. The molecule has 0 saturated heterocycles. The maximum absolute atomic E-state index is 10.0. The Balaban J connectivity index is 2.27. The molecule has 0 amide bonds. The molecule has 1 atom stereocenters. The lowest BCUT2D eigenvalue weighted by Gasteiger charge is -2.21. The van der Waals surface area contributed by atoms with Crippen molar-refractivity contribution in [3.8, 4) is 5.75 Å². The summed E-state index contributed by atoms with van der Waals surface area (Å²) < 4.78 is 1.08. The molecule has 0 aromatic heterocycles. The van der Waals surface area contributed by atoms with Crippen molar-refractivity contribution < 1.29 is 5.11 Å². The monoisotopic (exact) mass is 333 g/mol. The summed E-state index contributed by atoms with van der Waals surface area (Å²) in [6.07, 6.45) is 0.982. The first-order chi connectivity index (χ1) is 9.52. The van der Waals surface area contributed by atoms with Gasteiger partial charge < -0.3 is 10.4 Å². The number of anilines is 1. The van der Waals surface area contributed by atoms with Gasteiger partial charge >= 0.3 is 0 Å². The van der Waals surface area contributed by atoms with Crippen LogP contribution in [0, 0.1) is 13.8 Å². The summed E-state index contributed by atoms with van der Waals surface area (Å²) in [5.41, 5.74) is 4.04. The highest BCUT2D eigenvalue weighted by Crippen LogP contribution is 2.31. The van der Waals surface area contributed by atoms with Crippen LogP contribution in [0.4, 0.5) is 5.69 Å². The SMILES string of the molecule is CCC(Nc1ccc(C)c(O)c1C)c1ccc(Br)cc1. The Bertz CT molecular complexity index is 593. The molecule has 0 aliphatic rings. The van der Waals surface area contributed by atoms with Crippen molar-refractivity contribution in [2.45, 2.75) is 33.2 Å². The molecule has 2 rings (SSSR count). The van der Waals surface area contributed by atoms with E-state index in [1.54, 1.807) is 0 Å². The number of nitrogens with one attached hydrogen (secondary N) is 1. The highest BCUT2D eigenvalue weighted by molar-refractivity contribution is 9.10. The van der Waals surface area contributed by atoms with Crippen molar-refractivity contribution in [2.75, 3.05) is 5.32 Å². The largest absolute Gasteiger partial charge is 0.507 e. The second-order valence-corrected chi connectivity index (χ2v) is 5.98. The quantitative estimate of drug-likeness (QED) is 0.791. The molecular formula is C17H20BrNO. The van der Waals surface area contributed by atoms with E-state index in [1.165, 1.54) is 5.56 Å². The van der Waals surface area contributed by atoms with Gasteiger partial charge in [0.05, 0.1) is 6.04 Å². The van der Waals surface area contributed by atoms with E-state index in [2.05, 4.69) is 52.4 Å². The van der Waals surface area contributed by atoms with Crippen LogP contribution in [0.15, 0.2) is 40.9 Å². The molecule has 2 nitrogen and oxygen atoms in total. The van der Waals surface area contributed by atoms with E-state index in [1.807, 2.05) is 26.0 Å². The van der Waals surface area contributed by atoms with E-state index < -0.39 is 0 Å². The number of halogens is 1. The fraction of sp³-hybridized carbons (Fsp3) is 0.294. The molecule has 2 N–H and O–H groups in total. The molecular weight excluding hydrogens is 314 g/mol. The second kappa shape index (κ2) is 6.31. The van der Waals surface area contributed by atoms with Gasteiger partial charge in [-0.2, -0.15) is 0 Å². The number of hydrogen-bond donors (Lipinski definition) is 2. The molecule has 3 heteroatoms. The number of phenolic OH excluding ortho intramolecular Hbond substituents is 1. The summed E-state index contributed by atoms with van der Waals surface area (Å²) in [6.45, 7) is 6.01. The normalized spacial score (nSPS) is 12.2. The fourth-order valence-corrected chi connectivity index (χ4v) is 2.56. The van der Waals surface area contributed by atoms with Crippen molar-refractivity contribution in [1.29, 1.82) is 0 Å². The fourth-order valence-electron chi connectivity index (χ4n) is 2.30. The average molecular weight is 334 g/mol. The first-order valence-corrected chi connectivity index (χ1v) is 7.63. The van der Waals surface area contributed by atoms with Crippen LogP contribution in [0.5, 0.6) is 5.75 Å². The zero-order chi connectivity index (χ0) is 14.7. The molecule has 0 aliphatic heterocycles. The summed E-state index contributed by atoms with van der Waals surface area (Å²) in [5.74, 6) is 0.376. The summed E-state index contributed by atoms with van der Waals surface area (Å²) in [5, 5.41) is 13.6. The summed E-state index contributed by atoms with van der Waals surface area (Å²) >= 11 is 3.46. The van der Waals surface area contributed by atoms with E-state index in [-0.39, 0.29) is 6.04 Å². The van der Waals surface area contributed by atoms with Gasteiger partial charge in [0.15, 0.2) is 0 Å². The van der Waals surface area contributed by atoms with Crippen molar-refractivity contribution in [1.82, 2.24) is 0 Å². The van der Waals surface area contributed by atoms with Gasteiger partial charge in [-0.1, -0.05) is 41.1 Å². The summed E-state index contributed by atoms with van der Waals surface area (Å²) in [4.78, 5) is 0. The highest BCUT2D eigenvalue weighted by atomic mass is 79.9. The third kappa shape index (κ3) is 3.15.